The molecule has 98 valence electrons. The average Bonchev–Trinajstić information content (AvgIpc) is 2.78. The first kappa shape index (κ1) is 11.9. The zero-order valence-electron chi connectivity index (χ0n) is 9.88. The van der Waals surface area contributed by atoms with E-state index in [0.717, 1.165) is 19.6 Å². The van der Waals surface area contributed by atoms with Gasteiger partial charge >= 0.3 is 0 Å². The van der Waals surface area contributed by atoms with Gasteiger partial charge in [0.2, 0.25) is 0 Å². The molecule has 0 saturated carbocycles. The first-order chi connectivity index (χ1) is 8.05. The summed E-state index contributed by atoms with van der Waals surface area (Å²) in [6, 6.07) is 0.326. The number of rotatable bonds is 1. The van der Waals surface area contributed by atoms with E-state index in [1.807, 2.05) is 0 Å². The van der Waals surface area contributed by atoms with E-state index in [1.54, 1.807) is 0 Å². The number of nitrogens with one attached hydrogen (secondary N) is 1. The number of fused-ring (bicyclic) bond motifs is 1. The van der Waals surface area contributed by atoms with Gasteiger partial charge < -0.3 is 10.4 Å². The van der Waals surface area contributed by atoms with E-state index >= 15 is 0 Å². The predicted molar refractivity (Wildman–Crippen MR) is 64.5 cm³/mol. The molecule has 0 aliphatic carbocycles. The molecule has 0 aromatic heterocycles. The zero-order valence-corrected chi connectivity index (χ0v) is 10.7. The van der Waals surface area contributed by atoms with E-state index < -0.39 is 15.9 Å². The lowest BCUT2D eigenvalue weighted by molar-refractivity contribution is 0.0958. The fourth-order valence-electron chi connectivity index (χ4n) is 3.51. The number of hydrogen-bond donors (Lipinski definition) is 2. The summed E-state index contributed by atoms with van der Waals surface area (Å²) < 4.78 is 23.0. The molecular formula is C11H20N2O3S. The van der Waals surface area contributed by atoms with Gasteiger partial charge in [0.25, 0.3) is 0 Å². The van der Waals surface area contributed by atoms with Crippen molar-refractivity contribution in [2.75, 3.05) is 31.1 Å². The smallest absolute Gasteiger partial charge is 0.154 e. The van der Waals surface area contributed by atoms with E-state index in [2.05, 4.69) is 10.2 Å². The Hall–Kier alpha value is -0.170. The highest BCUT2D eigenvalue weighted by molar-refractivity contribution is 7.91. The van der Waals surface area contributed by atoms with E-state index in [4.69, 9.17) is 0 Å². The normalized spacial score (nSPS) is 45.9. The Morgan fingerprint density at radius 2 is 2.06 bits per heavy atom. The van der Waals surface area contributed by atoms with Crippen molar-refractivity contribution in [1.29, 1.82) is 0 Å². The molecule has 3 aliphatic heterocycles. The summed E-state index contributed by atoms with van der Waals surface area (Å²) in [6.07, 6.45) is 1.74. The van der Waals surface area contributed by atoms with Crippen molar-refractivity contribution in [2.24, 2.45) is 5.92 Å². The minimum atomic E-state index is -3.03. The molecule has 4 atom stereocenters. The number of nitrogens with zero attached hydrogens (tertiary/aromatic N) is 1. The Bertz CT molecular complexity index is 384. The van der Waals surface area contributed by atoms with Gasteiger partial charge in [0.1, 0.15) is 0 Å². The summed E-state index contributed by atoms with van der Waals surface area (Å²) in [5.74, 6) is 0.712. The van der Waals surface area contributed by atoms with Crippen LogP contribution in [0.15, 0.2) is 0 Å². The lowest BCUT2D eigenvalue weighted by Crippen LogP contribution is -2.44. The largest absolute Gasteiger partial charge is 0.390 e. The Balaban J connectivity index is 1.70. The van der Waals surface area contributed by atoms with Crippen LogP contribution in [0.2, 0.25) is 0 Å². The van der Waals surface area contributed by atoms with Crippen LogP contribution in [0.4, 0.5) is 0 Å². The van der Waals surface area contributed by atoms with Crippen molar-refractivity contribution in [3.8, 4) is 0 Å². The second kappa shape index (κ2) is 4.19. The van der Waals surface area contributed by atoms with Crippen LogP contribution in [-0.2, 0) is 9.84 Å². The van der Waals surface area contributed by atoms with Crippen LogP contribution in [0.1, 0.15) is 12.8 Å². The van der Waals surface area contributed by atoms with Crippen molar-refractivity contribution in [2.45, 2.75) is 31.0 Å². The molecule has 5 nitrogen and oxygen atoms in total. The summed E-state index contributed by atoms with van der Waals surface area (Å²) in [5, 5.41) is 13.4. The number of aliphatic hydroxyl groups excluding tert-OH is 1. The summed E-state index contributed by atoms with van der Waals surface area (Å²) in [7, 11) is -3.03. The van der Waals surface area contributed by atoms with Crippen LogP contribution in [-0.4, -0.2) is 67.8 Å². The van der Waals surface area contributed by atoms with Crippen molar-refractivity contribution in [1.82, 2.24) is 10.2 Å². The molecule has 6 heteroatoms. The molecule has 3 fully saturated rings. The Kier molecular flexibility index (Phi) is 2.93. The Labute approximate surface area is 102 Å². The molecule has 0 spiro atoms. The molecule has 0 radical (unpaired) electrons. The molecule has 0 aromatic carbocycles. The molecule has 3 saturated heterocycles. The van der Waals surface area contributed by atoms with Crippen LogP contribution < -0.4 is 5.32 Å². The quantitative estimate of drug-likeness (QED) is 0.622. The van der Waals surface area contributed by atoms with Crippen molar-refractivity contribution < 1.29 is 13.5 Å². The summed E-state index contributed by atoms with van der Waals surface area (Å²) in [5.41, 5.74) is 0. The summed E-state index contributed by atoms with van der Waals surface area (Å²) in [6.45, 7) is 2.90. The van der Waals surface area contributed by atoms with Gasteiger partial charge in [0, 0.05) is 19.1 Å². The van der Waals surface area contributed by atoms with Gasteiger partial charge in [-0.05, 0) is 25.3 Å². The van der Waals surface area contributed by atoms with E-state index in [9.17, 15) is 13.5 Å². The van der Waals surface area contributed by atoms with E-state index in [1.165, 1.54) is 12.8 Å². The molecule has 2 unspecified atom stereocenters. The minimum absolute atomic E-state index is 0.0586. The molecule has 0 bridgehead atoms. The molecule has 0 aromatic rings. The van der Waals surface area contributed by atoms with Gasteiger partial charge in [-0.2, -0.15) is 0 Å². The van der Waals surface area contributed by atoms with Gasteiger partial charge in [-0.15, -0.1) is 0 Å². The lowest BCUT2D eigenvalue weighted by Gasteiger charge is -2.25. The van der Waals surface area contributed by atoms with Crippen molar-refractivity contribution in [3.63, 3.8) is 0 Å². The molecule has 2 N–H and O–H groups in total. The lowest BCUT2D eigenvalue weighted by atomic mass is 9.94. The number of hydrogen-bond acceptors (Lipinski definition) is 5. The number of piperidine rings is 1. The van der Waals surface area contributed by atoms with Crippen molar-refractivity contribution >= 4 is 9.84 Å². The standard InChI is InChI=1S/C11H20N2O3S/c14-11-7-17(15,16)6-10(11)13-4-8-2-1-3-12-9(8)5-13/h8-12,14H,1-7H2/t8-,9+,10?,11?/m0/s1. The minimum Gasteiger partial charge on any atom is -0.390 e. The van der Waals surface area contributed by atoms with Gasteiger partial charge in [-0.1, -0.05) is 0 Å². The average molecular weight is 260 g/mol. The molecule has 3 aliphatic rings. The molecule has 0 amide bonds. The fraction of sp³-hybridized carbons (Fsp3) is 1.00. The van der Waals surface area contributed by atoms with Gasteiger partial charge in [0.05, 0.1) is 23.7 Å². The van der Waals surface area contributed by atoms with Crippen LogP contribution in [0, 0.1) is 5.92 Å². The first-order valence-electron chi connectivity index (χ1n) is 6.41. The van der Waals surface area contributed by atoms with Crippen LogP contribution in [0.5, 0.6) is 0 Å². The number of aliphatic hydroxyl groups is 1. The highest BCUT2D eigenvalue weighted by Gasteiger charge is 2.45. The van der Waals surface area contributed by atoms with Gasteiger partial charge in [0.15, 0.2) is 9.84 Å². The number of likely N-dealkylation sites (tertiary alicyclic amines) is 1. The SMILES string of the molecule is O=S1(=O)CC(O)C(N2C[C@@H]3CCCN[C@@H]3C2)C1. The molecule has 3 heterocycles. The fourth-order valence-corrected chi connectivity index (χ4v) is 5.34. The van der Waals surface area contributed by atoms with Crippen LogP contribution >= 0.6 is 0 Å². The van der Waals surface area contributed by atoms with Gasteiger partial charge in [-0.25, -0.2) is 8.42 Å². The van der Waals surface area contributed by atoms with E-state index in [-0.39, 0.29) is 17.5 Å². The van der Waals surface area contributed by atoms with Crippen molar-refractivity contribution in [3.05, 3.63) is 0 Å². The molecular weight excluding hydrogens is 240 g/mol. The maximum atomic E-state index is 11.5. The topological polar surface area (TPSA) is 69.6 Å². The van der Waals surface area contributed by atoms with Gasteiger partial charge in [-0.3, -0.25) is 4.90 Å². The maximum Gasteiger partial charge on any atom is 0.154 e. The Morgan fingerprint density at radius 3 is 2.71 bits per heavy atom. The monoisotopic (exact) mass is 260 g/mol. The highest BCUT2D eigenvalue weighted by atomic mass is 32.2. The highest BCUT2D eigenvalue weighted by Crippen LogP contribution is 2.29. The van der Waals surface area contributed by atoms with Crippen LogP contribution in [0.3, 0.4) is 0 Å². The second-order valence-electron chi connectivity index (χ2n) is 5.63. The van der Waals surface area contributed by atoms with Crippen LogP contribution in [0.25, 0.3) is 0 Å². The molecule has 17 heavy (non-hydrogen) atoms. The third kappa shape index (κ3) is 2.23. The van der Waals surface area contributed by atoms with E-state index in [0.29, 0.717) is 12.0 Å². The third-order valence-electron chi connectivity index (χ3n) is 4.39. The summed E-state index contributed by atoms with van der Waals surface area (Å²) in [4.78, 5) is 2.18. The first-order valence-corrected chi connectivity index (χ1v) is 8.23. The number of sulfone groups is 1. The summed E-state index contributed by atoms with van der Waals surface area (Å²) >= 11 is 0. The molecule has 3 rings (SSSR count). The second-order valence-corrected chi connectivity index (χ2v) is 7.78. The predicted octanol–water partition coefficient (Wildman–Crippen LogP) is -1.17. The third-order valence-corrected chi connectivity index (χ3v) is 6.09. The maximum absolute atomic E-state index is 11.5. The zero-order chi connectivity index (χ0) is 12.0. The Morgan fingerprint density at radius 1 is 1.24 bits per heavy atom.